The molecule has 0 N–H and O–H groups in total. The Kier molecular flexibility index (Phi) is 5.23. The third kappa shape index (κ3) is 3.59. The molecule has 2 aromatic heterocycles. The van der Waals surface area contributed by atoms with Crippen molar-refractivity contribution in [3.63, 3.8) is 0 Å². The van der Waals surface area contributed by atoms with Gasteiger partial charge in [-0.15, -0.1) is 11.3 Å². The maximum absolute atomic E-state index is 12.9. The SMILES string of the molecule is CN(Cc1cc(=O)n2c3c(sc2n1)CCCC3)C(c1ccccc1)c1ccccc1. The van der Waals surface area contributed by atoms with Gasteiger partial charge in [0.15, 0.2) is 4.96 Å². The van der Waals surface area contributed by atoms with E-state index in [0.717, 1.165) is 29.9 Å². The van der Waals surface area contributed by atoms with Crippen LogP contribution in [0.2, 0.25) is 0 Å². The molecule has 0 saturated heterocycles. The van der Waals surface area contributed by atoms with Crippen molar-refractivity contribution in [2.75, 3.05) is 7.05 Å². The summed E-state index contributed by atoms with van der Waals surface area (Å²) in [5.74, 6) is 0. The van der Waals surface area contributed by atoms with E-state index in [1.165, 1.54) is 28.1 Å². The molecule has 0 atom stereocenters. The highest BCUT2D eigenvalue weighted by Gasteiger charge is 2.22. The second-order valence-electron chi connectivity index (χ2n) is 8.02. The number of thiazole rings is 1. The monoisotopic (exact) mass is 415 g/mol. The molecule has 2 aromatic carbocycles. The molecule has 0 saturated carbocycles. The molecular formula is C25H25N3OS. The summed E-state index contributed by atoms with van der Waals surface area (Å²) in [5, 5.41) is 0. The lowest BCUT2D eigenvalue weighted by Gasteiger charge is -2.28. The van der Waals surface area contributed by atoms with Gasteiger partial charge in [-0.05, 0) is 43.9 Å². The van der Waals surface area contributed by atoms with E-state index in [0.29, 0.717) is 6.54 Å². The van der Waals surface area contributed by atoms with Crippen LogP contribution in [0.1, 0.15) is 46.3 Å². The lowest BCUT2D eigenvalue weighted by Crippen LogP contribution is -2.27. The quantitative estimate of drug-likeness (QED) is 0.467. The van der Waals surface area contributed by atoms with E-state index in [9.17, 15) is 4.79 Å². The summed E-state index contributed by atoms with van der Waals surface area (Å²) in [5.41, 5.74) is 4.54. The van der Waals surface area contributed by atoms with E-state index in [4.69, 9.17) is 4.98 Å². The second-order valence-corrected chi connectivity index (χ2v) is 9.08. The van der Waals surface area contributed by atoms with Crippen molar-refractivity contribution in [3.8, 4) is 0 Å². The van der Waals surface area contributed by atoms with Gasteiger partial charge in [0.2, 0.25) is 0 Å². The Hall–Kier alpha value is -2.76. The molecule has 0 fully saturated rings. The highest BCUT2D eigenvalue weighted by atomic mass is 32.1. The summed E-state index contributed by atoms with van der Waals surface area (Å²) in [6.45, 7) is 0.614. The molecule has 4 aromatic rings. The summed E-state index contributed by atoms with van der Waals surface area (Å²) in [4.78, 5) is 22.3. The summed E-state index contributed by atoms with van der Waals surface area (Å²) >= 11 is 1.69. The minimum Gasteiger partial charge on any atom is -0.290 e. The summed E-state index contributed by atoms with van der Waals surface area (Å²) in [7, 11) is 2.10. The van der Waals surface area contributed by atoms with Crippen LogP contribution in [0.3, 0.4) is 0 Å². The van der Waals surface area contributed by atoms with Crippen LogP contribution >= 0.6 is 11.3 Å². The Bertz CT molecular complexity index is 1170. The Morgan fingerprint density at radius 3 is 2.30 bits per heavy atom. The van der Waals surface area contributed by atoms with E-state index in [-0.39, 0.29) is 11.6 Å². The van der Waals surface area contributed by atoms with Crippen LogP contribution in [0, 0.1) is 0 Å². The normalized spacial score (nSPS) is 13.8. The zero-order chi connectivity index (χ0) is 20.5. The molecule has 1 aliphatic rings. The Morgan fingerprint density at radius 2 is 1.63 bits per heavy atom. The molecule has 0 aliphatic heterocycles. The van der Waals surface area contributed by atoms with Gasteiger partial charge in [-0.3, -0.25) is 14.1 Å². The molecule has 152 valence electrons. The smallest absolute Gasteiger partial charge is 0.259 e. The van der Waals surface area contributed by atoms with E-state index in [1.54, 1.807) is 17.4 Å². The fourth-order valence-electron chi connectivity index (χ4n) is 4.54. The molecule has 30 heavy (non-hydrogen) atoms. The molecule has 2 heterocycles. The second kappa shape index (κ2) is 8.17. The molecule has 1 aliphatic carbocycles. The predicted octanol–water partition coefficient (Wildman–Crippen LogP) is 4.86. The van der Waals surface area contributed by atoms with E-state index < -0.39 is 0 Å². The maximum Gasteiger partial charge on any atom is 0.259 e. The molecule has 0 radical (unpaired) electrons. The number of hydrogen-bond donors (Lipinski definition) is 0. The zero-order valence-electron chi connectivity index (χ0n) is 17.1. The fraction of sp³-hybridized carbons (Fsp3) is 0.280. The van der Waals surface area contributed by atoms with Crippen molar-refractivity contribution in [1.29, 1.82) is 0 Å². The van der Waals surface area contributed by atoms with Gasteiger partial charge in [0.05, 0.1) is 11.7 Å². The van der Waals surface area contributed by atoms with Crippen molar-refractivity contribution in [2.24, 2.45) is 0 Å². The van der Waals surface area contributed by atoms with Crippen molar-refractivity contribution in [2.45, 2.75) is 38.3 Å². The molecule has 0 bridgehead atoms. The minimum absolute atomic E-state index is 0.0544. The lowest BCUT2D eigenvalue weighted by molar-refractivity contribution is 0.267. The van der Waals surface area contributed by atoms with Crippen LogP contribution in [0.25, 0.3) is 4.96 Å². The van der Waals surface area contributed by atoms with Crippen LogP contribution in [-0.2, 0) is 19.4 Å². The van der Waals surface area contributed by atoms with Crippen LogP contribution < -0.4 is 5.56 Å². The van der Waals surface area contributed by atoms with Gasteiger partial charge in [-0.1, -0.05) is 60.7 Å². The molecule has 0 spiro atoms. The Morgan fingerprint density at radius 1 is 1.00 bits per heavy atom. The first-order valence-corrected chi connectivity index (χ1v) is 11.4. The fourth-order valence-corrected chi connectivity index (χ4v) is 5.77. The van der Waals surface area contributed by atoms with Crippen LogP contribution in [-0.4, -0.2) is 21.3 Å². The van der Waals surface area contributed by atoms with Crippen molar-refractivity contribution >= 4 is 16.3 Å². The van der Waals surface area contributed by atoms with Crippen LogP contribution in [0.4, 0.5) is 0 Å². The topological polar surface area (TPSA) is 37.6 Å². The summed E-state index contributed by atoms with van der Waals surface area (Å²) in [6, 6.07) is 22.8. The van der Waals surface area contributed by atoms with Crippen LogP contribution in [0.5, 0.6) is 0 Å². The van der Waals surface area contributed by atoms with Gasteiger partial charge in [0, 0.05) is 23.2 Å². The third-order valence-electron chi connectivity index (χ3n) is 5.90. The first kappa shape index (κ1) is 19.2. The summed E-state index contributed by atoms with van der Waals surface area (Å²) in [6.07, 6.45) is 4.42. The van der Waals surface area contributed by atoms with Gasteiger partial charge in [-0.25, -0.2) is 4.98 Å². The number of hydrogen-bond acceptors (Lipinski definition) is 4. The maximum atomic E-state index is 12.9. The van der Waals surface area contributed by atoms with Crippen molar-refractivity contribution in [3.05, 3.63) is 104 Å². The highest BCUT2D eigenvalue weighted by Crippen LogP contribution is 2.30. The molecule has 5 rings (SSSR count). The van der Waals surface area contributed by atoms with Crippen molar-refractivity contribution < 1.29 is 0 Å². The molecule has 0 amide bonds. The number of aryl methyl sites for hydroxylation is 2. The van der Waals surface area contributed by atoms with Crippen molar-refractivity contribution in [1.82, 2.24) is 14.3 Å². The zero-order valence-corrected chi connectivity index (χ0v) is 17.9. The summed E-state index contributed by atoms with van der Waals surface area (Å²) < 4.78 is 1.84. The Labute approximate surface area is 180 Å². The highest BCUT2D eigenvalue weighted by molar-refractivity contribution is 7.17. The number of benzene rings is 2. The molecule has 4 nitrogen and oxygen atoms in total. The largest absolute Gasteiger partial charge is 0.290 e. The lowest BCUT2D eigenvalue weighted by atomic mass is 9.97. The first-order valence-electron chi connectivity index (χ1n) is 10.5. The average Bonchev–Trinajstić information content (AvgIpc) is 3.14. The predicted molar refractivity (Wildman–Crippen MR) is 122 cm³/mol. The number of aromatic nitrogens is 2. The van der Waals surface area contributed by atoms with Gasteiger partial charge in [0.1, 0.15) is 0 Å². The van der Waals surface area contributed by atoms with E-state index in [2.05, 4.69) is 60.5 Å². The minimum atomic E-state index is 0.0544. The van der Waals surface area contributed by atoms with Crippen LogP contribution in [0.15, 0.2) is 71.5 Å². The third-order valence-corrected chi connectivity index (χ3v) is 7.04. The number of rotatable bonds is 5. The molecule has 5 heteroatoms. The first-order chi connectivity index (χ1) is 14.7. The standard InChI is InChI=1S/C25H25N3OS/c1-27(24(18-10-4-2-5-11-18)19-12-6-3-7-13-19)17-20-16-23(29)28-21-14-8-9-15-22(21)30-25(28)26-20/h2-7,10-13,16,24H,8-9,14-15,17H2,1H3. The van der Waals surface area contributed by atoms with Gasteiger partial charge < -0.3 is 0 Å². The number of fused-ring (bicyclic) bond motifs is 3. The molecular weight excluding hydrogens is 390 g/mol. The van der Waals surface area contributed by atoms with Gasteiger partial charge in [-0.2, -0.15) is 0 Å². The van der Waals surface area contributed by atoms with Gasteiger partial charge >= 0.3 is 0 Å². The van der Waals surface area contributed by atoms with E-state index in [1.807, 2.05) is 16.5 Å². The van der Waals surface area contributed by atoms with Gasteiger partial charge in [0.25, 0.3) is 5.56 Å². The Balaban J connectivity index is 1.50. The molecule has 0 unspecified atom stereocenters. The number of nitrogens with zero attached hydrogens (tertiary/aromatic N) is 3. The average molecular weight is 416 g/mol. The van der Waals surface area contributed by atoms with E-state index >= 15 is 0 Å².